The Kier molecular flexibility index (Phi) is 4.64. The number of thiocarbonyl (C=S) groups is 1. The molecule has 4 rings (SSSR count). The van der Waals surface area contributed by atoms with E-state index < -0.39 is 0 Å². The molecule has 1 saturated heterocycles. The summed E-state index contributed by atoms with van der Waals surface area (Å²) < 4.78 is 2.06. The lowest BCUT2D eigenvalue weighted by Crippen LogP contribution is -2.33. The van der Waals surface area contributed by atoms with Crippen LogP contribution in [0.25, 0.3) is 5.82 Å². The number of nitrogens with zero attached hydrogens (tertiary/aromatic N) is 4. The molecule has 1 aliphatic rings. The van der Waals surface area contributed by atoms with E-state index in [4.69, 9.17) is 12.2 Å². The molecule has 7 heteroatoms. The molecule has 3 aromatic heterocycles. The zero-order valence-electron chi connectivity index (χ0n) is 14.1. The average molecular weight is 365 g/mol. The van der Waals surface area contributed by atoms with Gasteiger partial charge in [0.05, 0.1) is 24.4 Å². The van der Waals surface area contributed by atoms with Crippen LogP contribution >= 0.6 is 12.2 Å². The highest BCUT2D eigenvalue weighted by molar-refractivity contribution is 7.80. The van der Waals surface area contributed by atoms with Gasteiger partial charge in [0.2, 0.25) is 0 Å². The summed E-state index contributed by atoms with van der Waals surface area (Å²) in [6.45, 7) is 0.477. The third-order valence-corrected chi connectivity index (χ3v) is 4.87. The van der Waals surface area contributed by atoms with Crippen LogP contribution in [0.2, 0.25) is 0 Å². The maximum atomic E-state index is 9.54. The van der Waals surface area contributed by atoms with E-state index in [1.165, 1.54) is 0 Å². The van der Waals surface area contributed by atoms with Gasteiger partial charge in [-0.25, -0.2) is 4.98 Å². The van der Waals surface area contributed by atoms with Gasteiger partial charge in [-0.1, -0.05) is 12.1 Å². The number of aliphatic hydroxyl groups excluding tert-OH is 1. The third-order valence-electron chi connectivity index (χ3n) is 4.52. The van der Waals surface area contributed by atoms with Crippen molar-refractivity contribution in [1.82, 2.24) is 24.8 Å². The Morgan fingerprint density at radius 2 is 1.85 bits per heavy atom. The summed E-state index contributed by atoms with van der Waals surface area (Å²) in [4.78, 5) is 11.0. The summed E-state index contributed by atoms with van der Waals surface area (Å²) in [7, 11) is 0. The van der Waals surface area contributed by atoms with Gasteiger partial charge in [0, 0.05) is 30.8 Å². The van der Waals surface area contributed by atoms with Crippen LogP contribution in [0.3, 0.4) is 0 Å². The smallest absolute Gasteiger partial charge is 0.170 e. The van der Waals surface area contributed by atoms with Crippen molar-refractivity contribution in [3.8, 4) is 5.82 Å². The number of β-amino-alcohol motifs (C(OH)–C–C–N with tert-alkyl or cyclic N) is 1. The molecular weight excluding hydrogens is 346 g/mol. The number of hydrogen-bond acceptors (Lipinski definition) is 4. The van der Waals surface area contributed by atoms with Gasteiger partial charge in [-0.2, -0.15) is 0 Å². The predicted octanol–water partition coefficient (Wildman–Crippen LogP) is 2.23. The number of pyridine rings is 2. The molecule has 3 aromatic rings. The summed E-state index contributed by atoms with van der Waals surface area (Å²) in [5, 5.41) is 13.5. The second kappa shape index (κ2) is 7.23. The molecule has 26 heavy (non-hydrogen) atoms. The van der Waals surface area contributed by atoms with Crippen LogP contribution in [0.4, 0.5) is 0 Å². The second-order valence-electron chi connectivity index (χ2n) is 6.03. The zero-order valence-corrected chi connectivity index (χ0v) is 14.9. The Labute approximate surface area is 157 Å². The van der Waals surface area contributed by atoms with Crippen LogP contribution in [-0.2, 0) is 0 Å². The van der Waals surface area contributed by atoms with Crippen LogP contribution in [0.5, 0.6) is 0 Å². The normalized spacial score (nSPS) is 19.6. The second-order valence-corrected chi connectivity index (χ2v) is 6.42. The lowest BCUT2D eigenvalue weighted by Gasteiger charge is -2.28. The maximum absolute atomic E-state index is 9.54. The lowest BCUT2D eigenvalue weighted by atomic mass is 10.0. The highest BCUT2D eigenvalue weighted by Crippen LogP contribution is 2.39. The topological polar surface area (TPSA) is 66.2 Å². The minimum absolute atomic E-state index is 0.0254. The van der Waals surface area contributed by atoms with E-state index in [0.29, 0.717) is 11.7 Å². The molecule has 132 valence electrons. The molecule has 1 fully saturated rings. The largest absolute Gasteiger partial charge is 0.395 e. The fourth-order valence-electron chi connectivity index (χ4n) is 3.42. The Balaban J connectivity index is 1.81. The van der Waals surface area contributed by atoms with Gasteiger partial charge >= 0.3 is 0 Å². The SMILES string of the molecule is OCCN1C(=S)N[C@H](c2ccccn2)[C@@H]1c1cccn1-c1ccccn1. The lowest BCUT2D eigenvalue weighted by molar-refractivity contribution is 0.220. The van der Waals surface area contributed by atoms with Crippen molar-refractivity contribution in [2.24, 2.45) is 0 Å². The first-order chi connectivity index (χ1) is 12.8. The number of aromatic nitrogens is 3. The van der Waals surface area contributed by atoms with Crippen molar-refractivity contribution in [1.29, 1.82) is 0 Å². The molecule has 6 nitrogen and oxygen atoms in total. The summed E-state index contributed by atoms with van der Waals surface area (Å²) in [6.07, 6.45) is 5.55. The van der Waals surface area contributed by atoms with Crippen LogP contribution < -0.4 is 5.32 Å². The van der Waals surface area contributed by atoms with Gasteiger partial charge in [-0.05, 0) is 48.6 Å². The Morgan fingerprint density at radius 1 is 1.04 bits per heavy atom. The van der Waals surface area contributed by atoms with Crippen molar-refractivity contribution in [3.05, 3.63) is 78.5 Å². The first-order valence-corrected chi connectivity index (χ1v) is 8.88. The van der Waals surface area contributed by atoms with E-state index in [-0.39, 0.29) is 18.7 Å². The molecule has 4 heterocycles. The fraction of sp³-hybridized carbons (Fsp3) is 0.211. The number of aliphatic hydroxyl groups is 1. The molecule has 0 radical (unpaired) electrons. The molecule has 2 atom stereocenters. The Morgan fingerprint density at radius 3 is 2.54 bits per heavy atom. The van der Waals surface area contributed by atoms with Gasteiger partial charge < -0.3 is 19.9 Å². The molecule has 0 unspecified atom stereocenters. The van der Waals surface area contributed by atoms with Crippen LogP contribution in [0.15, 0.2) is 67.1 Å². The number of nitrogens with one attached hydrogen (secondary N) is 1. The molecule has 0 bridgehead atoms. The summed E-state index contributed by atoms with van der Waals surface area (Å²) in [5.74, 6) is 0.842. The minimum atomic E-state index is -0.104. The minimum Gasteiger partial charge on any atom is -0.395 e. The first-order valence-electron chi connectivity index (χ1n) is 8.47. The van der Waals surface area contributed by atoms with Crippen molar-refractivity contribution < 1.29 is 5.11 Å². The standard InChI is InChI=1S/C19H19N5OS/c25-13-12-24-18(17(22-19(24)26)14-6-1-3-9-20-14)15-7-5-11-23(15)16-8-2-4-10-21-16/h1-11,17-18,25H,12-13H2,(H,22,26)/t17-,18+/m1/s1. The van der Waals surface area contributed by atoms with Crippen molar-refractivity contribution in [3.63, 3.8) is 0 Å². The molecule has 0 saturated carbocycles. The highest BCUT2D eigenvalue weighted by Gasteiger charge is 2.40. The summed E-state index contributed by atoms with van der Waals surface area (Å²) in [6, 6.07) is 15.5. The van der Waals surface area contributed by atoms with Gasteiger partial charge in [-0.15, -0.1) is 0 Å². The highest BCUT2D eigenvalue weighted by atomic mass is 32.1. The molecule has 0 amide bonds. The summed E-state index contributed by atoms with van der Waals surface area (Å²) in [5.41, 5.74) is 1.95. The Hall–Kier alpha value is -2.77. The van der Waals surface area contributed by atoms with Crippen molar-refractivity contribution >= 4 is 17.3 Å². The quantitative estimate of drug-likeness (QED) is 0.676. The third kappa shape index (κ3) is 2.95. The molecular formula is C19H19N5OS. The summed E-state index contributed by atoms with van der Waals surface area (Å²) >= 11 is 5.55. The van der Waals surface area contributed by atoms with Crippen LogP contribution in [-0.4, -0.2) is 42.8 Å². The van der Waals surface area contributed by atoms with Gasteiger partial charge in [0.15, 0.2) is 5.11 Å². The van der Waals surface area contributed by atoms with Gasteiger partial charge in [-0.3, -0.25) is 4.98 Å². The first kappa shape index (κ1) is 16.7. The molecule has 1 aliphatic heterocycles. The van der Waals surface area contributed by atoms with Crippen LogP contribution in [0, 0.1) is 0 Å². The molecule has 0 aliphatic carbocycles. The van der Waals surface area contributed by atoms with Gasteiger partial charge in [0.1, 0.15) is 5.82 Å². The Bertz CT molecular complexity index is 883. The van der Waals surface area contributed by atoms with E-state index in [1.54, 1.807) is 12.4 Å². The molecule has 2 N–H and O–H groups in total. The van der Waals surface area contributed by atoms with E-state index in [1.807, 2.05) is 53.6 Å². The molecule has 0 spiro atoms. The van der Waals surface area contributed by atoms with Crippen LogP contribution in [0.1, 0.15) is 23.5 Å². The van der Waals surface area contributed by atoms with E-state index in [9.17, 15) is 5.11 Å². The number of hydrogen-bond donors (Lipinski definition) is 2. The fourth-order valence-corrected chi connectivity index (χ4v) is 3.75. The predicted molar refractivity (Wildman–Crippen MR) is 103 cm³/mol. The van der Waals surface area contributed by atoms with Crippen molar-refractivity contribution in [2.45, 2.75) is 12.1 Å². The molecule has 0 aromatic carbocycles. The maximum Gasteiger partial charge on any atom is 0.170 e. The monoisotopic (exact) mass is 365 g/mol. The van der Waals surface area contributed by atoms with Crippen molar-refractivity contribution in [2.75, 3.05) is 13.2 Å². The average Bonchev–Trinajstić information content (AvgIpc) is 3.28. The number of rotatable bonds is 5. The van der Waals surface area contributed by atoms with E-state index in [0.717, 1.165) is 17.2 Å². The zero-order chi connectivity index (χ0) is 17.9. The van der Waals surface area contributed by atoms with Gasteiger partial charge in [0.25, 0.3) is 0 Å². The van der Waals surface area contributed by atoms with E-state index in [2.05, 4.69) is 25.9 Å². The van der Waals surface area contributed by atoms with E-state index >= 15 is 0 Å².